The number of aromatic amines is 1. The van der Waals surface area contributed by atoms with Crippen molar-refractivity contribution in [1.29, 1.82) is 0 Å². The molecule has 1 aliphatic rings. The van der Waals surface area contributed by atoms with E-state index in [0.717, 1.165) is 65.3 Å². The van der Waals surface area contributed by atoms with E-state index in [1.54, 1.807) is 17.1 Å². The van der Waals surface area contributed by atoms with Crippen LogP contribution >= 0.6 is 0 Å². The second kappa shape index (κ2) is 10.9. The molecule has 1 amide bonds. The summed E-state index contributed by atoms with van der Waals surface area (Å²) in [5.74, 6) is -1.16. The highest BCUT2D eigenvalue weighted by molar-refractivity contribution is 5.96. The topological polar surface area (TPSA) is 114 Å². The number of carbonyl (C=O) groups excluding carboxylic acids is 1. The van der Waals surface area contributed by atoms with Gasteiger partial charge < -0.3 is 10.3 Å². The highest BCUT2D eigenvalue weighted by atomic mass is 19.1. The van der Waals surface area contributed by atoms with Gasteiger partial charge in [-0.15, -0.1) is 10.2 Å². The minimum atomic E-state index is -0.602. The summed E-state index contributed by atoms with van der Waals surface area (Å²) < 4.78 is 30.0. The van der Waals surface area contributed by atoms with E-state index in [9.17, 15) is 13.6 Å². The second-order valence-electron chi connectivity index (χ2n) is 10.2. The quantitative estimate of drug-likeness (QED) is 0.239. The second-order valence-corrected chi connectivity index (χ2v) is 10.2. The molecule has 11 heteroatoms. The monoisotopic (exact) mass is 542 g/mol. The molecule has 40 heavy (non-hydrogen) atoms. The zero-order valence-electron chi connectivity index (χ0n) is 22.0. The van der Waals surface area contributed by atoms with Crippen LogP contribution in [0, 0.1) is 18.6 Å². The molecule has 0 bridgehead atoms. The van der Waals surface area contributed by atoms with Crippen molar-refractivity contribution in [3.05, 3.63) is 88.8 Å². The first-order valence-electron chi connectivity index (χ1n) is 13.4. The van der Waals surface area contributed by atoms with Crippen LogP contribution in [0.3, 0.4) is 0 Å². The van der Waals surface area contributed by atoms with Gasteiger partial charge in [0.25, 0.3) is 5.91 Å². The van der Waals surface area contributed by atoms with Gasteiger partial charge in [0.2, 0.25) is 0 Å². The number of H-pyrrole nitrogens is 1. The number of nitrogens with zero attached hydrogens (tertiary/aromatic N) is 6. The third-order valence-electron chi connectivity index (χ3n) is 7.09. The fourth-order valence-electron chi connectivity index (χ4n) is 4.80. The molecule has 2 N–H and O–H groups in total. The van der Waals surface area contributed by atoms with Gasteiger partial charge in [-0.1, -0.05) is 11.3 Å². The summed E-state index contributed by atoms with van der Waals surface area (Å²) in [5, 5.41) is 20.4. The lowest BCUT2D eigenvalue weighted by Crippen LogP contribution is -2.23. The van der Waals surface area contributed by atoms with Gasteiger partial charge in [-0.05, 0) is 74.8 Å². The minimum Gasteiger partial charge on any atom is -0.346 e. The standard InChI is InChI=1S/C29H28F2N8O/c1-17-5-6-18(14-32-17)15-33-29(40)25-16-39(38-36-25)11-3-2-4-21-13-23-26(22-10-9-20(30)12-24(22)31)27(19-7-8-19)34-28(23)37-35-21/h5-6,9-10,12-14,16,19H,2-4,7-8,11,15H2,1H3,(H,33,40)(H,34,37). The summed E-state index contributed by atoms with van der Waals surface area (Å²) >= 11 is 0. The average molecular weight is 543 g/mol. The molecule has 4 aromatic heterocycles. The number of carbonyl (C=O) groups is 1. The molecule has 0 aliphatic heterocycles. The van der Waals surface area contributed by atoms with Crippen LogP contribution in [-0.4, -0.2) is 41.1 Å². The molecule has 0 atom stereocenters. The maximum absolute atomic E-state index is 14.8. The molecule has 6 rings (SSSR count). The van der Waals surface area contributed by atoms with Gasteiger partial charge in [-0.2, -0.15) is 5.10 Å². The maximum Gasteiger partial charge on any atom is 0.273 e. The largest absolute Gasteiger partial charge is 0.346 e. The molecule has 1 saturated carbocycles. The first kappa shape index (κ1) is 25.7. The average Bonchev–Trinajstić information content (AvgIpc) is 3.57. The number of aromatic nitrogens is 7. The van der Waals surface area contributed by atoms with Crippen LogP contribution in [0.1, 0.15) is 64.7 Å². The van der Waals surface area contributed by atoms with Gasteiger partial charge in [-0.25, -0.2) is 8.78 Å². The van der Waals surface area contributed by atoms with E-state index in [0.29, 0.717) is 36.6 Å². The number of hydrogen-bond acceptors (Lipinski definition) is 6. The lowest BCUT2D eigenvalue weighted by atomic mass is 9.99. The van der Waals surface area contributed by atoms with E-state index in [-0.39, 0.29) is 11.6 Å². The summed E-state index contributed by atoms with van der Waals surface area (Å²) in [5.41, 5.74) is 5.55. The van der Waals surface area contributed by atoms with E-state index in [1.807, 2.05) is 25.1 Å². The highest BCUT2D eigenvalue weighted by Gasteiger charge is 2.31. The van der Waals surface area contributed by atoms with Crippen molar-refractivity contribution in [1.82, 2.24) is 40.5 Å². The van der Waals surface area contributed by atoms with Crippen molar-refractivity contribution in [2.45, 2.75) is 58.0 Å². The van der Waals surface area contributed by atoms with Gasteiger partial charge in [0.1, 0.15) is 11.6 Å². The molecule has 9 nitrogen and oxygen atoms in total. The molecular weight excluding hydrogens is 514 g/mol. The molecule has 204 valence electrons. The molecule has 1 aliphatic carbocycles. The van der Waals surface area contributed by atoms with E-state index < -0.39 is 11.6 Å². The van der Waals surface area contributed by atoms with Crippen LogP contribution in [-0.2, 0) is 19.5 Å². The van der Waals surface area contributed by atoms with Crippen molar-refractivity contribution in [3.63, 3.8) is 0 Å². The Morgan fingerprint density at radius 3 is 2.75 bits per heavy atom. The Morgan fingerprint density at radius 1 is 1.10 bits per heavy atom. The Labute approximate surface area is 229 Å². The van der Waals surface area contributed by atoms with E-state index >= 15 is 0 Å². The van der Waals surface area contributed by atoms with Gasteiger partial charge in [-0.3, -0.25) is 14.5 Å². The van der Waals surface area contributed by atoms with Crippen LogP contribution < -0.4 is 5.32 Å². The number of pyridine rings is 1. The summed E-state index contributed by atoms with van der Waals surface area (Å²) in [6.45, 7) is 2.87. The van der Waals surface area contributed by atoms with Gasteiger partial charge in [0.15, 0.2) is 11.3 Å². The number of fused-ring (bicyclic) bond motifs is 1. The van der Waals surface area contributed by atoms with Crippen molar-refractivity contribution in [2.24, 2.45) is 0 Å². The van der Waals surface area contributed by atoms with Gasteiger partial charge >= 0.3 is 0 Å². The molecule has 0 unspecified atom stereocenters. The van der Waals surface area contributed by atoms with Gasteiger partial charge in [0.05, 0.1) is 11.9 Å². The van der Waals surface area contributed by atoms with Crippen molar-refractivity contribution < 1.29 is 13.6 Å². The minimum absolute atomic E-state index is 0.260. The number of amides is 1. The molecule has 5 aromatic rings. The van der Waals surface area contributed by atoms with E-state index in [1.165, 1.54) is 12.1 Å². The number of benzene rings is 1. The number of unbranched alkanes of at least 4 members (excludes halogenated alkanes) is 1. The molecule has 0 saturated heterocycles. The zero-order chi connectivity index (χ0) is 27.6. The van der Waals surface area contributed by atoms with Crippen molar-refractivity contribution in [3.8, 4) is 11.1 Å². The molecule has 0 spiro atoms. The summed E-state index contributed by atoms with van der Waals surface area (Å²) in [4.78, 5) is 20.0. The van der Waals surface area contributed by atoms with E-state index in [4.69, 9.17) is 0 Å². The first-order valence-corrected chi connectivity index (χ1v) is 13.4. The molecule has 1 aromatic carbocycles. The number of rotatable bonds is 10. The summed E-state index contributed by atoms with van der Waals surface area (Å²) in [7, 11) is 0. The molecular formula is C29H28F2N8O. The third-order valence-corrected chi connectivity index (χ3v) is 7.09. The Balaban J connectivity index is 1.07. The van der Waals surface area contributed by atoms with Crippen molar-refractivity contribution in [2.75, 3.05) is 0 Å². The van der Waals surface area contributed by atoms with Crippen LogP contribution in [0.15, 0.2) is 48.8 Å². The number of nitrogens with one attached hydrogen (secondary N) is 2. The summed E-state index contributed by atoms with van der Waals surface area (Å²) in [6, 6.07) is 9.46. The molecule has 1 fully saturated rings. The first-order chi connectivity index (χ1) is 19.4. The smallest absolute Gasteiger partial charge is 0.273 e. The van der Waals surface area contributed by atoms with E-state index in [2.05, 4.69) is 35.8 Å². The zero-order valence-corrected chi connectivity index (χ0v) is 22.0. The Hall–Kier alpha value is -4.54. The lowest BCUT2D eigenvalue weighted by molar-refractivity contribution is 0.0945. The predicted molar refractivity (Wildman–Crippen MR) is 144 cm³/mol. The molecule has 4 heterocycles. The summed E-state index contributed by atoms with van der Waals surface area (Å²) in [6.07, 6.45) is 7.69. The number of hydrogen-bond donors (Lipinski definition) is 2. The Kier molecular flexibility index (Phi) is 7.02. The Morgan fingerprint density at radius 2 is 1.98 bits per heavy atom. The normalized spacial score (nSPS) is 13.2. The van der Waals surface area contributed by atoms with Crippen LogP contribution in [0.2, 0.25) is 0 Å². The number of aryl methyl sites for hydroxylation is 3. The van der Waals surface area contributed by atoms with Crippen LogP contribution in [0.4, 0.5) is 8.78 Å². The van der Waals surface area contributed by atoms with Crippen LogP contribution in [0.25, 0.3) is 22.2 Å². The maximum atomic E-state index is 14.8. The highest BCUT2D eigenvalue weighted by Crippen LogP contribution is 2.47. The number of halogens is 2. The molecule has 0 radical (unpaired) electrons. The predicted octanol–water partition coefficient (Wildman–Crippen LogP) is 5.03. The lowest BCUT2D eigenvalue weighted by Gasteiger charge is -2.07. The fraction of sp³-hybridized carbons (Fsp3) is 0.310. The van der Waals surface area contributed by atoms with Gasteiger partial charge in [0, 0.05) is 53.3 Å². The van der Waals surface area contributed by atoms with Crippen molar-refractivity contribution >= 4 is 16.9 Å². The fourth-order valence-corrected chi connectivity index (χ4v) is 4.80. The SMILES string of the molecule is Cc1ccc(CNC(=O)c2cn(CCCCc3cc4c(-c5ccc(F)cc5F)c(C5CC5)[nH]c4nn3)nn2)cn1. The third kappa shape index (κ3) is 5.58. The Bertz CT molecular complexity index is 1670. The van der Waals surface area contributed by atoms with Crippen LogP contribution in [0.5, 0.6) is 0 Å².